The SMILES string of the molecule is CC(CCn1cnc2cc(C(=O)O)ccc21)S(C)=O. The molecule has 0 fully saturated rings. The molecule has 1 heterocycles. The highest BCUT2D eigenvalue weighted by molar-refractivity contribution is 7.84. The summed E-state index contributed by atoms with van der Waals surface area (Å²) in [6.45, 7) is 2.68. The number of fused-ring (bicyclic) bond motifs is 1. The van der Waals surface area contributed by atoms with E-state index in [2.05, 4.69) is 4.98 Å². The second kappa shape index (κ2) is 5.52. The van der Waals surface area contributed by atoms with Gasteiger partial charge in [0.05, 0.1) is 22.9 Å². The van der Waals surface area contributed by atoms with E-state index < -0.39 is 16.8 Å². The first-order valence-corrected chi connectivity index (χ1v) is 7.61. The van der Waals surface area contributed by atoms with Crippen molar-refractivity contribution in [3.05, 3.63) is 30.1 Å². The maximum absolute atomic E-state index is 11.3. The lowest BCUT2D eigenvalue weighted by Crippen LogP contribution is -2.12. The second-order valence-corrected chi connectivity index (χ2v) is 6.35. The summed E-state index contributed by atoms with van der Waals surface area (Å²) < 4.78 is 13.3. The molecule has 0 bridgehead atoms. The van der Waals surface area contributed by atoms with Gasteiger partial charge in [0, 0.05) is 28.9 Å². The molecule has 2 unspecified atom stereocenters. The zero-order chi connectivity index (χ0) is 14.0. The van der Waals surface area contributed by atoms with E-state index >= 15 is 0 Å². The second-order valence-electron chi connectivity index (χ2n) is 4.54. The van der Waals surface area contributed by atoms with Crippen molar-refractivity contribution in [3.8, 4) is 0 Å². The molecule has 1 aromatic carbocycles. The highest BCUT2D eigenvalue weighted by Gasteiger charge is 2.10. The summed E-state index contributed by atoms with van der Waals surface area (Å²) in [5.74, 6) is -0.952. The molecule has 0 saturated carbocycles. The number of hydrogen-bond donors (Lipinski definition) is 1. The summed E-state index contributed by atoms with van der Waals surface area (Å²) in [5, 5.41) is 9.05. The Morgan fingerprint density at radius 2 is 2.26 bits per heavy atom. The Hall–Kier alpha value is -1.69. The van der Waals surface area contributed by atoms with E-state index in [1.165, 1.54) is 0 Å². The summed E-state index contributed by atoms with van der Waals surface area (Å²) in [6.07, 6.45) is 4.20. The van der Waals surface area contributed by atoms with Crippen LogP contribution in [0.4, 0.5) is 0 Å². The van der Waals surface area contributed by atoms with E-state index in [9.17, 15) is 9.00 Å². The van der Waals surface area contributed by atoms with Gasteiger partial charge in [-0.2, -0.15) is 0 Å². The Morgan fingerprint density at radius 3 is 2.89 bits per heavy atom. The van der Waals surface area contributed by atoms with Crippen LogP contribution in [-0.4, -0.2) is 36.3 Å². The highest BCUT2D eigenvalue weighted by Crippen LogP contribution is 2.16. The first-order valence-electron chi connectivity index (χ1n) is 5.99. The predicted octanol–water partition coefficient (Wildman–Crippen LogP) is 1.89. The molecule has 0 aliphatic carbocycles. The van der Waals surface area contributed by atoms with E-state index in [1.54, 1.807) is 30.8 Å². The lowest BCUT2D eigenvalue weighted by atomic mass is 10.2. The standard InChI is InChI=1S/C13H16N2O3S/c1-9(19(2)18)5-6-15-8-14-11-7-10(13(16)17)3-4-12(11)15/h3-4,7-9H,5-6H2,1-2H3,(H,16,17). The van der Waals surface area contributed by atoms with Crippen LogP contribution in [0.15, 0.2) is 24.5 Å². The average Bonchev–Trinajstić information content (AvgIpc) is 2.77. The number of aromatic nitrogens is 2. The van der Waals surface area contributed by atoms with Crippen molar-refractivity contribution in [2.45, 2.75) is 25.1 Å². The number of imidazole rings is 1. The Morgan fingerprint density at radius 1 is 1.53 bits per heavy atom. The fourth-order valence-corrected chi connectivity index (χ4v) is 2.30. The number of benzene rings is 1. The molecule has 0 aliphatic heterocycles. The number of aromatic carboxylic acids is 1. The van der Waals surface area contributed by atoms with Gasteiger partial charge in [-0.3, -0.25) is 4.21 Å². The van der Waals surface area contributed by atoms with Crippen molar-refractivity contribution in [1.82, 2.24) is 9.55 Å². The van der Waals surface area contributed by atoms with E-state index in [-0.39, 0.29) is 10.8 Å². The van der Waals surface area contributed by atoms with Crippen molar-refractivity contribution in [3.63, 3.8) is 0 Å². The van der Waals surface area contributed by atoms with Crippen LogP contribution in [0.1, 0.15) is 23.7 Å². The van der Waals surface area contributed by atoms with Crippen molar-refractivity contribution in [2.24, 2.45) is 0 Å². The minimum absolute atomic E-state index is 0.135. The van der Waals surface area contributed by atoms with Crippen LogP contribution >= 0.6 is 0 Å². The third-order valence-corrected chi connectivity index (χ3v) is 4.58. The third-order valence-electron chi connectivity index (χ3n) is 3.21. The molecule has 2 atom stereocenters. The zero-order valence-corrected chi connectivity index (χ0v) is 11.7. The number of rotatable bonds is 5. The van der Waals surface area contributed by atoms with Crippen molar-refractivity contribution < 1.29 is 14.1 Å². The molecule has 5 nitrogen and oxygen atoms in total. The van der Waals surface area contributed by atoms with Gasteiger partial charge in [0.15, 0.2) is 0 Å². The minimum atomic E-state index is -0.952. The molecule has 2 aromatic rings. The zero-order valence-electron chi connectivity index (χ0n) is 10.9. The Bertz CT molecular complexity index is 636. The third kappa shape index (κ3) is 3.01. The number of carbonyl (C=O) groups is 1. The predicted molar refractivity (Wildman–Crippen MR) is 74.8 cm³/mol. The van der Waals surface area contributed by atoms with Crippen molar-refractivity contribution >= 4 is 27.8 Å². The first kappa shape index (κ1) is 13.7. The summed E-state index contributed by atoms with van der Waals surface area (Å²) in [5.41, 5.74) is 1.81. The van der Waals surface area contributed by atoms with Gasteiger partial charge in [-0.25, -0.2) is 9.78 Å². The van der Waals surface area contributed by atoms with E-state index in [1.807, 2.05) is 11.5 Å². The van der Waals surface area contributed by atoms with Crippen LogP contribution in [0.3, 0.4) is 0 Å². The lowest BCUT2D eigenvalue weighted by molar-refractivity contribution is 0.0697. The van der Waals surface area contributed by atoms with Gasteiger partial charge < -0.3 is 9.67 Å². The lowest BCUT2D eigenvalue weighted by Gasteiger charge is -2.09. The molecule has 0 aliphatic rings. The van der Waals surface area contributed by atoms with Gasteiger partial charge in [-0.1, -0.05) is 6.92 Å². The molecule has 1 aromatic heterocycles. The molecule has 0 saturated heterocycles. The maximum Gasteiger partial charge on any atom is 0.335 e. The Balaban J connectivity index is 2.21. The molecule has 102 valence electrons. The smallest absolute Gasteiger partial charge is 0.335 e. The highest BCUT2D eigenvalue weighted by atomic mass is 32.2. The van der Waals surface area contributed by atoms with E-state index in [4.69, 9.17) is 5.11 Å². The van der Waals surface area contributed by atoms with E-state index in [0.717, 1.165) is 18.5 Å². The number of carboxylic acids is 1. The molecule has 0 spiro atoms. The number of hydrogen-bond acceptors (Lipinski definition) is 3. The maximum atomic E-state index is 11.3. The Labute approximate surface area is 113 Å². The molecule has 0 radical (unpaired) electrons. The molecule has 6 heteroatoms. The summed E-state index contributed by atoms with van der Waals surface area (Å²) in [4.78, 5) is 15.1. The molecule has 0 amide bonds. The van der Waals surface area contributed by atoms with Gasteiger partial charge in [-0.05, 0) is 24.6 Å². The normalized spacial score (nSPS) is 14.4. The average molecular weight is 280 g/mol. The van der Waals surface area contributed by atoms with Crippen molar-refractivity contribution in [2.75, 3.05) is 6.26 Å². The van der Waals surface area contributed by atoms with Gasteiger partial charge >= 0.3 is 5.97 Å². The number of carboxylic acid groups (broad SMARTS) is 1. The van der Waals surface area contributed by atoms with Crippen LogP contribution in [0.5, 0.6) is 0 Å². The monoisotopic (exact) mass is 280 g/mol. The van der Waals surface area contributed by atoms with Crippen LogP contribution in [0.25, 0.3) is 11.0 Å². The molecule has 1 N–H and O–H groups in total. The van der Waals surface area contributed by atoms with Crippen LogP contribution in [0, 0.1) is 0 Å². The molecular weight excluding hydrogens is 264 g/mol. The van der Waals surface area contributed by atoms with Gasteiger partial charge in [-0.15, -0.1) is 0 Å². The molecule has 19 heavy (non-hydrogen) atoms. The number of aryl methyl sites for hydroxylation is 1. The van der Waals surface area contributed by atoms with Gasteiger partial charge in [0.2, 0.25) is 0 Å². The largest absolute Gasteiger partial charge is 0.478 e. The first-order chi connectivity index (χ1) is 8.99. The van der Waals surface area contributed by atoms with Gasteiger partial charge in [0.1, 0.15) is 0 Å². The summed E-state index contributed by atoms with van der Waals surface area (Å²) in [7, 11) is -0.827. The fourth-order valence-electron chi connectivity index (χ4n) is 1.86. The quantitative estimate of drug-likeness (QED) is 0.907. The molecular formula is C13H16N2O3S. The fraction of sp³-hybridized carbons (Fsp3) is 0.385. The summed E-state index contributed by atoms with van der Waals surface area (Å²) in [6, 6.07) is 4.90. The van der Waals surface area contributed by atoms with Crippen LogP contribution in [-0.2, 0) is 17.3 Å². The van der Waals surface area contributed by atoms with Crippen LogP contribution < -0.4 is 0 Å². The summed E-state index contributed by atoms with van der Waals surface area (Å²) >= 11 is 0. The Kier molecular flexibility index (Phi) is 3.99. The number of nitrogens with zero attached hydrogens (tertiary/aromatic N) is 2. The van der Waals surface area contributed by atoms with Gasteiger partial charge in [0.25, 0.3) is 0 Å². The topological polar surface area (TPSA) is 72.2 Å². The van der Waals surface area contributed by atoms with Crippen LogP contribution in [0.2, 0.25) is 0 Å². The molecule has 2 rings (SSSR count). The van der Waals surface area contributed by atoms with Crippen molar-refractivity contribution in [1.29, 1.82) is 0 Å². The minimum Gasteiger partial charge on any atom is -0.478 e. The van der Waals surface area contributed by atoms with E-state index in [0.29, 0.717) is 5.52 Å².